The molecule has 0 saturated heterocycles. The molecule has 2 heteroatoms. The van der Waals surface area contributed by atoms with Gasteiger partial charge in [-0.05, 0) is 62.7 Å². The fourth-order valence-corrected chi connectivity index (χ4v) is 3.50. The summed E-state index contributed by atoms with van der Waals surface area (Å²) in [5.74, 6) is 0.615. The lowest BCUT2D eigenvalue weighted by molar-refractivity contribution is -0.162. The predicted octanol–water partition coefficient (Wildman–Crippen LogP) is 6.93. The number of hydrogen-bond acceptors (Lipinski definition) is 2. The van der Waals surface area contributed by atoms with E-state index in [-0.39, 0.29) is 22.9 Å². The van der Waals surface area contributed by atoms with E-state index in [0.717, 1.165) is 25.7 Å². The van der Waals surface area contributed by atoms with Gasteiger partial charge in [-0.25, -0.2) is 0 Å². The summed E-state index contributed by atoms with van der Waals surface area (Å²) in [4.78, 5) is 12.5. The number of carbonyl (C=O) groups excluding carboxylic acids is 1. The Kier molecular flexibility index (Phi) is 7.36. The quantitative estimate of drug-likeness (QED) is 0.367. The molecule has 0 amide bonds. The van der Waals surface area contributed by atoms with Crippen molar-refractivity contribution in [3.05, 3.63) is 11.6 Å². The van der Waals surface area contributed by atoms with E-state index >= 15 is 0 Å². The van der Waals surface area contributed by atoms with Gasteiger partial charge in [0.15, 0.2) is 0 Å². The molecular formula is C23H42O2. The molecule has 0 aromatic heterocycles. The summed E-state index contributed by atoms with van der Waals surface area (Å²) in [5.41, 5.74) is 1.84. The lowest BCUT2D eigenvalue weighted by Crippen LogP contribution is -2.33. The van der Waals surface area contributed by atoms with E-state index in [1.165, 1.54) is 12.8 Å². The normalized spacial score (nSPS) is 20.8. The smallest absolute Gasteiger partial charge is 0.309 e. The molecule has 2 unspecified atom stereocenters. The van der Waals surface area contributed by atoms with E-state index < -0.39 is 0 Å². The molecule has 0 saturated carbocycles. The molecule has 1 rings (SSSR count). The van der Waals surface area contributed by atoms with Gasteiger partial charge in [-0.2, -0.15) is 0 Å². The molecule has 0 aliphatic heterocycles. The van der Waals surface area contributed by atoms with Crippen LogP contribution in [-0.4, -0.2) is 11.6 Å². The number of allylic oxidation sites excluding steroid dienone is 2. The molecule has 146 valence electrons. The van der Waals surface area contributed by atoms with Crippen LogP contribution in [0.5, 0.6) is 0 Å². The van der Waals surface area contributed by atoms with Crippen LogP contribution in [0, 0.1) is 22.7 Å². The monoisotopic (exact) mass is 350 g/mol. The minimum atomic E-state index is -0.347. The molecular weight excluding hydrogens is 308 g/mol. The maximum atomic E-state index is 12.5. The Morgan fingerprint density at radius 2 is 1.72 bits per heavy atom. The average molecular weight is 351 g/mol. The highest BCUT2D eigenvalue weighted by atomic mass is 16.6. The second kappa shape index (κ2) is 8.27. The topological polar surface area (TPSA) is 26.3 Å². The molecule has 0 heterocycles. The highest BCUT2D eigenvalue weighted by Crippen LogP contribution is 2.45. The molecule has 2 nitrogen and oxygen atoms in total. The summed E-state index contributed by atoms with van der Waals surface area (Å²) in [6.45, 7) is 20.2. The third-order valence-electron chi connectivity index (χ3n) is 6.21. The van der Waals surface area contributed by atoms with E-state index in [0.29, 0.717) is 11.3 Å². The van der Waals surface area contributed by atoms with Crippen LogP contribution in [0.25, 0.3) is 0 Å². The van der Waals surface area contributed by atoms with Gasteiger partial charge in [0, 0.05) is 0 Å². The van der Waals surface area contributed by atoms with Crippen LogP contribution in [0.4, 0.5) is 0 Å². The summed E-state index contributed by atoms with van der Waals surface area (Å²) < 4.78 is 5.72. The number of rotatable bonds is 7. The van der Waals surface area contributed by atoms with Gasteiger partial charge in [-0.1, -0.05) is 66.5 Å². The zero-order chi connectivity index (χ0) is 19.5. The number of esters is 1. The second-order valence-electron chi connectivity index (χ2n) is 10.4. The average Bonchev–Trinajstić information content (AvgIpc) is 2.51. The van der Waals surface area contributed by atoms with Crippen molar-refractivity contribution in [2.24, 2.45) is 22.7 Å². The summed E-state index contributed by atoms with van der Waals surface area (Å²) in [6, 6.07) is 0. The van der Waals surface area contributed by atoms with E-state index in [1.807, 2.05) is 13.8 Å². The molecule has 0 radical (unpaired) electrons. The van der Waals surface area contributed by atoms with Crippen LogP contribution in [0.1, 0.15) is 101 Å². The predicted molar refractivity (Wildman–Crippen MR) is 108 cm³/mol. The van der Waals surface area contributed by atoms with E-state index in [2.05, 4.69) is 54.5 Å². The largest absolute Gasteiger partial charge is 0.459 e. The maximum absolute atomic E-state index is 12.5. The molecule has 25 heavy (non-hydrogen) atoms. The minimum Gasteiger partial charge on any atom is -0.459 e. The number of ether oxygens (including phenoxy) is 1. The lowest BCUT2D eigenvalue weighted by Gasteiger charge is -2.40. The fraction of sp³-hybridized carbons (Fsp3) is 0.870. The van der Waals surface area contributed by atoms with Crippen LogP contribution in [0.2, 0.25) is 0 Å². The van der Waals surface area contributed by atoms with Gasteiger partial charge >= 0.3 is 5.97 Å². The van der Waals surface area contributed by atoms with Crippen LogP contribution in [-0.2, 0) is 9.53 Å². The highest BCUT2D eigenvalue weighted by molar-refractivity contribution is 5.73. The molecule has 2 atom stereocenters. The molecule has 0 aromatic rings. The second-order valence-corrected chi connectivity index (χ2v) is 10.4. The van der Waals surface area contributed by atoms with Crippen LogP contribution in [0.3, 0.4) is 0 Å². The van der Waals surface area contributed by atoms with Gasteiger partial charge in [0.1, 0.15) is 5.60 Å². The van der Waals surface area contributed by atoms with Gasteiger partial charge in [0.05, 0.1) is 5.92 Å². The van der Waals surface area contributed by atoms with E-state index in [1.54, 1.807) is 5.57 Å². The zero-order valence-corrected chi connectivity index (χ0v) is 18.3. The number of hydrogen-bond donors (Lipinski definition) is 0. The van der Waals surface area contributed by atoms with Crippen molar-refractivity contribution >= 4 is 5.97 Å². The first kappa shape index (κ1) is 22.3. The zero-order valence-electron chi connectivity index (χ0n) is 18.3. The Labute approximate surface area is 156 Å². The van der Waals surface area contributed by atoms with Crippen molar-refractivity contribution in [2.45, 2.75) is 106 Å². The molecule has 1 aliphatic rings. The van der Waals surface area contributed by atoms with Gasteiger partial charge in [0.2, 0.25) is 0 Å². The summed E-state index contributed by atoms with van der Waals surface area (Å²) in [6.07, 6.45) is 8.44. The standard InChI is InChI=1S/C23H42O2/c1-10-22(6,7)16-19(21(3,4)5)17-12-14-18(15-13-17)20(24)25-23(8,9)11-2/h12,18-19H,10-11,13-16H2,1-9H3. The van der Waals surface area contributed by atoms with Gasteiger partial charge in [0.25, 0.3) is 0 Å². The Bertz CT molecular complexity index is 477. The minimum absolute atomic E-state index is 0.0108. The van der Waals surface area contributed by atoms with Gasteiger partial charge in [-0.3, -0.25) is 4.79 Å². The summed E-state index contributed by atoms with van der Waals surface area (Å²) >= 11 is 0. The first-order valence-electron chi connectivity index (χ1n) is 10.2. The Morgan fingerprint density at radius 3 is 2.12 bits per heavy atom. The lowest BCUT2D eigenvalue weighted by atomic mass is 9.65. The molecule has 0 spiro atoms. The van der Waals surface area contributed by atoms with Crippen LogP contribution < -0.4 is 0 Å². The van der Waals surface area contributed by atoms with Crippen molar-refractivity contribution in [1.82, 2.24) is 0 Å². The first-order valence-corrected chi connectivity index (χ1v) is 10.2. The van der Waals surface area contributed by atoms with Crippen molar-refractivity contribution in [3.63, 3.8) is 0 Å². The van der Waals surface area contributed by atoms with E-state index in [9.17, 15) is 4.79 Å². The molecule has 0 aromatic carbocycles. The molecule has 0 N–H and O–H groups in total. The van der Waals surface area contributed by atoms with Crippen molar-refractivity contribution in [1.29, 1.82) is 0 Å². The van der Waals surface area contributed by atoms with E-state index in [4.69, 9.17) is 4.74 Å². The molecule has 0 fully saturated rings. The Hall–Kier alpha value is -0.790. The molecule has 0 bridgehead atoms. The summed E-state index contributed by atoms with van der Waals surface area (Å²) in [5, 5.41) is 0. The van der Waals surface area contributed by atoms with Crippen molar-refractivity contribution < 1.29 is 9.53 Å². The Balaban J connectivity index is 2.83. The SMILES string of the molecule is CCC(C)(C)CC(C1=CCC(C(=O)OC(C)(C)CC)CC1)C(C)(C)C. The van der Waals surface area contributed by atoms with Crippen LogP contribution in [0.15, 0.2) is 11.6 Å². The third-order valence-corrected chi connectivity index (χ3v) is 6.21. The molecule has 1 aliphatic carbocycles. The fourth-order valence-electron chi connectivity index (χ4n) is 3.50. The Morgan fingerprint density at radius 1 is 1.12 bits per heavy atom. The third kappa shape index (κ3) is 6.79. The van der Waals surface area contributed by atoms with Gasteiger partial charge in [-0.15, -0.1) is 0 Å². The van der Waals surface area contributed by atoms with Crippen molar-refractivity contribution in [3.8, 4) is 0 Å². The maximum Gasteiger partial charge on any atom is 0.309 e. The van der Waals surface area contributed by atoms with Gasteiger partial charge < -0.3 is 4.74 Å². The van der Waals surface area contributed by atoms with Crippen molar-refractivity contribution in [2.75, 3.05) is 0 Å². The number of carbonyl (C=O) groups is 1. The highest BCUT2D eigenvalue weighted by Gasteiger charge is 2.35. The van der Waals surface area contributed by atoms with Crippen LogP contribution >= 0.6 is 0 Å². The first-order chi connectivity index (χ1) is 11.3. The summed E-state index contributed by atoms with van der Waals surface area (Å²) in [7, 11) is 0.